The Balaban J connectivity index is 0.00000192. The molecule has 2 unspecified atom stereocenters. The number of nitrogens with one attached hydrogen (secondary N) is 1. The maximum absolute atomic E-state index is 12.7. The molecule has 0 amide bonds. The van der Waals surface area contributed by atoms with E-state index in [4.69, 9.17) is 0 Å². The zero-order chi connectivity index (χ0) is 15.7. The second-order valence-corrected chi connectivity index (χ2v) is 7.78. The lowest BCUT2D eigenvalue weighted by molar-refractivity contribution is 0.0600. The molecule has 2 saturated heterocycles. The normalized spacial score (nSPS) is 24.6. The van der Waals surface area contributed by atoms with Gasteiger partial charge in [0, 0.05) is 13.1 Å². The lowest BCUT2D eigenvalue weighted by Crippen LogP contribution is -2.43. The number of halogens is 1. The predicted molar refractivity (Wildman–Crippen MR) is 88.3 cm³/mol. The van der Waals surface area contributed by atoms with E-state index in [1.165, 1.54) is 31.4 Å². The summed E-state index contributed by atoms with van der Waals surface area (Å²) in [6.45, 7) is 3.01. The van der Waals surface area contributed by atoms with Crippen LogP contribution in [0.1, 0.15) is 16.8 Å². The van der Waals surface area contributed by atoms with Crippen LogP contribution >= 0.6 is 12.4 Å². The molecular formula is C15H21ClN2O4S. The second kappa shape index (κ2) is 7.17. The number of rotatable bonds is 3. The van der Waals surface area contributed by atoms with E-state index in [0.717, 1.165) is 19.5 Å². The first-order valence-corrected chi connectivity index (χ1v) is 8.85. The van der Waals surface area contributed by atoms with E-state index in [1.54, 1.807) is 4.31 Å². The number of nitrogens with zero attached hydrogens (tertiary/aromatic N) is 1. The molecule has 0 aromatic heterocycles. The molecule has 2 aliphatic heterocycles. The number of esters is 1. The third-order valence-electron chi connectivity index (χ3n) is 4.58. The maximum atomic E-state index is 12.7. The second-order valence-electron chi connectivity index (χ2n) is 5.85. The molecule has 1 aromatic carbocycles. The van der Waals surface area contributed by atoms with Gasteiger partial charge in [-0.05, 0) is 55.6 Å². The molecule has 2 fully saturated rings. The summed E-state index contributed by atoms with van der Waals surface area (Å²) < 4.78 is 31.6. The number of sulfonamides is 1. The summed E-state index contributed by atoms with van der Waals surface area (Å²) in [7, 11) is -2.20. The molecule has 2 aliphatic rings. The Kier molecular flexibility index (Phi) is 5.67. The number of benzene rings is 1. The van der Waals surface area contributed by atoms with E-state index >= 15 is 0 Å². The lowest BCUT2D eigenvalue weighted by atomic mass is 9.90. The highest BCUT2D eigenvalue weighted by atomic mass is 35.5. The number of fused-ring (bicyclic) bond motifs is 1. The van der Waals surface area contributed by atoms with E-state index < -0.39 is 16.0 Å². The topological polar surface area (TPSA) is 75.7 Å². The fourth-order valence-corrected chi connectivity index (χ4v) is 4.76. The van der Waals surface area contributed by atoms with Gasteiger partial charge in [0.05, 0.1) is 17.6 Å². The minimum Gasteiger partial charge on any atom is -0.465 e. The van der Waals surface area contributed by atoms with Crippen LogP contribution in [-0.4, -0.2) is 52.0 Å². The number of ether oxygens (including phenoxy) is 1. The quantitative estimate of drug-likeness (QED) is 0.818. The largest absolute Gasteiger partial charge is 0.465 e. The number of piperidine rings is 1. The Morgan fingerprint density at radius 2 is 1.87 bits per heavy atom. The molecule has 23 heavy (non-hydrogen) atoms. The summed E-state index contributed by atoms with van der Waals surface area (Å²) in [6.07, 6.45) is 0.900. The summed E-state index contributed by atoms with van der Waals surface area (Å²) >= 11 is 0. The SMILES string of the molecule is COC(=O)c1ccc(S(=O)(=O)N2CCC3CNCC3C2)cc1.Cl. The van der Waals surface area contributed by atoms with E-state index in [1.807, 2.05) is 0 Å². The van der Waals surface area contributed by atoms with E-state index in [0.29, 0.717) is 30.5 Å². The maximum Gasteiger partial charge on any atom is 0.337 e. The van der Waals surface area contributed by atoms with Crippen LogP contribution in [0.4, 0.5) is 0 Å². The van der Waals surface area contributed by atoms with E-state index in [2.05, 4.69) is 10.1 Å². The van der Waals surface area contributed by atoms with Crippen molar-refractivity contribution in [3.63, 3.8) is 0 Å². The molecule has 0 spiro atoms. The molecule has 2 heterocycles. The van der Waals surface area contributed by atoms with Crippen molar-refractivity contribution in [1.82, 2.24) is 9.62 Å². The standard InChI is InChI=1S/C15H20N2O4S.ClH/c1-21-15(18)11-2-4-14(5-3-11)22(19,20)17-7-6-12-8-16-9-13(12)10-17;/h2-5,12-13,16H,6-10H2,1H3;1H. The van der Waals surface area contributed by atoms with Gasteiger partial charge in [0.15, 0.2) is 0 Å². The fourth-order valence-electron chi connectivity index (χ4n) is 3.25. The van der Waals surface area contributed by atoms with Gasteiger partial charge >= 0.3 is 5.97 Å². The van der Waals surface area contributed by atoms with Crippen LogP contribution in [0.2, 0.25) is 0 Å². The fraction of sp³-hybridized carbons (Fsp3) is 0.533. The van der Waals surface area contributed by atoms with Crippen molar-refractivity contribution in [1.29, 1.82) is 0 Å². The Morgan fingerprint density at radius 3 is 2.52 bits per heavy atom. The highest BCUT2D eigenvalue weighted by molar-refractivity contribution is 7.89. The zero-order valence-electron chi connectivity index (χ0n) is 12.9. The van der Waals surface area contributed by atoms with Crippen LogP contribution in [0.25, 0.3) is 0 Å². The van der Waals surface area contributed by atoms with Gasteiger partial charge < -0.3 is 10.1 Å². The summed E-state index contributed by atoms with van der Waals surface area (Å²) in [5.41, 5.74) is 0.347. The molecule has 0 aliphatic carbocycles. The van der Waals surface area contributed by atoms with Gasteiger partial charge in [-0.2, -0.15) is 4.31 Å². The van der Waals surface area contributed by atoms with Crippen LogP contribution in [0.5, 0.6) is 0 Å². The molecule has 3 rings (SSSR count). The molecule has 0 radical (unpaired) electrons. The van der Waals surface area contributed by atoms with Gasteiger partial charge in [0.25, 0.3) is 0 Å². The van der Waals surface area contributed by atoms with Gasteiger partial charge in [-0.25, -0.2) is 13.2 Å². The minimum atomic E-state index is -3.50. The van der Waals surface area contributed by atoms with Crippen molar-refractivity contribution in [3.8, 4) is 0 Å². The van der Waals surface area contributed by atoms with Crippen molar-refractivity contribution < 1.29 is 17.9 Å². The molecule has 8 heteroatoms. The van der Waals surface area contributed by atoms with Crippen LogP contribution in [-0.2, 0) is 14.8 Å². The van der Waals surface area contributed by atoms with Gasteiger partial charge in [-0.1, -0.05) is 0 Å². The summed E-state index contributed by atoms with van der Waals surface area (Å²) in [6, 6.07) is 5.92. The van der Waals surface area contributed by atoms with Gasteiger partial charge in [-0.3, -0.25) is 0 Å². The third-order valence-corrected chi connectivity index (χ3v) is 6.46. The number of hydrogen-bond acceptors (Lipinski definition) is 5. The first-order valence-electron chi connectivity index (χ1n) is 7.41. The zero-order valence-corrected chi connectivity index (χ0v) is 14.5. The van der Waals surface area contributed by atoms with Gasteiger partial charge in [-0.15, -0.1) is 12.4 Å². The van der Waals surface area contributed by atoms with Crippen molar-refractivity contribution in [2.75, 3.05) is 33.3 Å². The van der Waals surface area contributed by atoms with Gasteiger partial charge in [0.1, 0.15) is 0 Å². The lowest BCUT2D eigenvalue weighted by Gasteiger charge is -2.33. The Morgan fingerprint density at radius 1 is 1.22 bits per heavy atom. The molecule has 1 aromatic rings. The van der Waals surface area contributed by atoms with Crippen molar-refractivity contribution >= 4 is 28.4 Å². The van der Waals surface area contributed by atoms with Crippen molar-refractivity contribution in [3.05, 3.63) is 29.8 Å². The first-order chi connectivity index (χ1) is 10.5. The van der Waals surface area contributed by atoms with Crippen molar-refractivity contribution in [2.24, 2.45) is 11.8 Å². The smallest absolute Gasteiger partial charge is 0.337 e. The molecule has 0 saturated carbocycles. The molecule has 0 bridgehead atoms. The Hall–Kier alpha value is -1.15. The number of carbonyl (C=O) groups excluding carboxylic acids is 1. The molecular weight excluding hydrogens is 340 g/mol. The number of methoxy groups -OCH3 is 1. The molecule has 128 valence electrons. The molecule has 6 nitrogen and oxygen atoms in total. The highest BCUT2D eigenvalue weighted by Gasteiger charge is 2.37. The summed E-state index contributed by atoms with van der Waals surface area (Å²) in [5.74, 6) is 0.521. The van der Waals surface area contributed by atoms with Crippen LogP contribution in [0.15, 0.2) is 29.2 Å². The Bertz CT molecular complexity index is 663. The van der Waals surface area contributed by atoms with E-state index in [-0.39, 0.29) is 17.3 Å². The van der Waals surface area contributed by atoms with E-state index in [9.17, 15) is 13.2 Å². The summed E-state index contributed by atoms with van der Waals surface area (Å²) in [4.78, 5) is 11.6. The minimum absolute atomic E-state index is 0. The molecule has 2 atom stereocenters. The van der Waals surface area contributed by atoms with Crippen molar-refractivity contribution in [2.45, 2.75) is 11.3 Å². The average Bonchev–Trinajstić information content (AvgIpc) is 3.01. The van der Waals surface area contributed by atoms with Crippen LogP contribution in [0.3, 0.4) is 0 Å². The monoisotopic (exact) mass is 360 g/mol. The van der Waals surface area contributed by atoms with Gasteiger partial charge in [0.2, 0.25) is 10.0 Å². The van der Waals surface area contributed by atoms with Crippen LogP contribution < -0.4 is 5.32 Å². The third kappa shape index (κ3) is 3.52. The number of hydrogen-bond donors (Lipinski definition) is 1. The molecule has 1 N–H and O–H groups in total. The predicted octanol–water partition coefficient (Wildman–Crippen LogP) is 1.13. The average molecular weight is 361 g/mol. The first kappa shape index (κ1) is 18.2. The Labute approximate surface area is 142 Å². The van der Waals surface area contributed by atoms with Crippen LogP contribution in [0, 0.1) is 11.8 Å². The number of carbonyl (C=O) groups is 1. The highest BCUT2D eigenvalue weighted by Crippen LogP contribution is 2.30. The summed E-state index contributed by atoms with van der Waals surface area (Å²) in [5, 5.41) is 3.33.